The Morgan fingerprint density at radius 3 is 2.59 bits per heavy atom. The van der Waals surface area contributed by atoms with Gasteiger partial charge in [-0.15, -0.1) is 0 Å². The Bertz CT molecular complexity index is 1020. The van der Waals surface area contributed by atoms with Gasteiger partial charge in [0.15, 0.2) is 0 Å². The van der Waals surface area contributed by atoms with Gasteiger partial charge in [-0.25, -0.2) is 0 Å². The smallest absolute Gasteiger partial charge is 0.369 e. The number of halogens is 4. The molecule has 1 atom stereocenters. The Hall–Kier alpha value is -2.45. The molecule has 152 valence electrons. The number of alkyl halides is 3. The van der Waals surface area contributed by atoms with E-state index < -0.39 is 11.7 Å². The second kappa shape index (κ2) is 7.42. The number of benzene rings is 2. The molecule has 0 saturated carbocycles. The molecule has 0 saturated heterocycles. The SMILES string of the molecule is CC1CC(C)(C)N(C)c2cc(Cl)c(/C=C(\C#N)c3cccc(C(F)(F)F)c3)cc21. The van der Waals surface area contributed by atoms with E-state index in [-0.39, 0.29) is 16.7 Å². The highest BCUT2D eigenvalue weighted by Crippen LogP contribution is 2.44. The number of nitrogens with zero attached hydrogens (tertiary/aromatic N) is 2. The number of hydrogen-bond donors (Lipinski definition) is 0. The minimum absolute atomic E-state index is 0.0110. The average molecular weight is 419 g/mol. The van der Waals surface area contributed by atoms with Crippen LogP contribution in [0.2, 0.25) is 5.02 Å². The van der Waals surface area contributed by atoms with Gasteiger partial charge in [-0.2, -0.15) is 18.4 Å². The molecule has 0 fully saturated rings. The van der Waals surface area contributed by atoms with Gasteiger partial charge in [0.25, 0.3) is 0 Å². The molecule has 2 aromatic carbocycles. The topological polar surface area (TPSA) is 27.0 Å². The fourth-order valence-electron chi connectivity index (χ4n) is 3.91. The monoisotopic (exact) mass is 418 g/mol. The van der Waals surface area contributed by atoms with Crippen molar-refractivity contribution in [2.24, 2.45) is 0 Å². The third-order valence-electron chi connectivity index (χ3n) is 5.67. The molecule has 2 nitrogen and oxygen atoms in total. The Balaban J connectivity index is 2.09. The lowest BCUT2D eigenvalue weighted by Gasteiger charge is -2.45. The van der Waals surface area contributed by atoms with Gasteiger partial charge in [-0.1, -0.05) is 30.7 Å². The summed E-state index contributed by atoms with van der Waals surface area (Å²) in [5.41, 5.74) is 2.32. The van der Waals surface area contributed by atoms with Crippen molar-refractivity contribution >= 4 is 28.9 Å². The van der Waals surface area contributed by atoms with E-state index in [1.807, 2.05) is 25.2 Å². The lowest BCUT2D eigenvalue weighted by Crippen LogP contribution is -2.45. The Morgan fingerprint density at radius 2 is 1.97 bits per heavy atom. The molecule has 2 aromatic rings. The van der Waals surface area contributed by atoms with Crippen LogP contribution in [0.3, 0.4) is 0 Å². The maximum Gasteiger partial charge on any atom is 0.416 e. The van der Waals surface area contributed by atoms with E-state index in [0.717, 1.165) is 29.8 Å². The third kappa shape index (κ3) is 4.13. The van der Waals surface area contributed by atoms with Crippen molar-refractivity contribution in [3.8, 4) is 6.07 Å². The van der Waals surface area contributed by atoms with Gasteiger partial charge in [0.1, 0.15) is 0 Å². The zero-order valence-electron chi connectivity index (χ0n) is 16.7. The summed E-state index contributed by atoms with van der Waals surface area (Å²) in [6, 6.07) is 10.6. The number of fused-ring (bicyclic) bond motifs is 1. The molecule has 0 aromatic heterocycles. The summed E-state index contributed by atoms with van der Waals surface area (Å²) in [6.45, 7) is 6.50. The highest BCUT2D eigenvalue weighted by Gasteiger charge is 2.34. The summed E-state index contributed by atoms with van der Waals surface area (Å²) in [6.07, 6.45) is -1.95. The number of hydrogen-bond acceptors (Lipinski definition) is 2. The van der Waals surface area contributed by atoms with Crippen molar-refractivity contribution in [3.63, 3.8) is 0 Å². The van der Waals surface area contributed by atoms with E-state index in [2.05, 4.69) is 25.7 Å². The van der Waals surface area contributed by atoms with Crippen molar-refractivity contribution < 1.29 is 13.2 Å². The maximum absolute atomic E-state index is 13.0. The average Bonchev–Trinajstić information content (AvgIpc) is 2.64. The highest BCUT2D eigenvalue weighted by molar-refractivity contribution is 6.32. The first-order valence-electron chi connectivity index (χ1n) is 9.31. The standard InChI is InChI=1S/C23H22ClF3N2/c1-14-12-22(2,3)29(4)21-11-20(24)16(10-19(14)21)8-17(13-28)15-6-5-7-18(9-15)23(25,26)27/h5-11,14H,12H2,1-4H3/b17-8+. The second-order valence-electron chi connectivity index (χ2n) is 8.16. The van der Waals surface area contributed by atoms with Gasteiger partial charge in [0.05, 0.1) is 17.2 Å². The molecule has 0 amide bonds. The van der Waals surface area contributed by atoms with Crippen LogP contribution >= 0.6 is 11.6 Å². The fraction of sp³-hybridized carbons (Fsp3) is 0.348. The highest BCUT2D eigenvalue weighted by atomic mass is 35.5. The van der Waals surface area contributed by atoms with Crippen molar-refractivity contribution in [2.45, 2.75) is 44.8 Å². The number of nitriles is 1. The molecular weight excluding hydrogens is 397 g/mol. The van der Waals surface area contributed by atoms with Crippen LogP contribution in [-0.2, 0) is 6.18 Å². The van der Waals surface area contributed by atoms with Crippen LogP contribution in [0.25, 0.3) is 11.6 Å². The van der Waals surface area contributed by atoms with Crippen LogP contribution in [0.4, 0.5) is 18.9 Å². The zero-order valence-corrected chi connectivity index (χ0v) is 17.5. The molecular formula is C23H22ClF3N2. The summed E-state index contributed by atoms with van der Waals surface area (Å²) in [7, 11) is 2.03. The van der Waals surface area contributed by atoms with E-state index in [4.69, 9.17) is 11.6 Å². The second-order valence-corrected chi connectivity index (χ2v) is 8.56. The molecule has 1 aliphatic rings. The first-order valence-corrected chi connectivity index (χ1v) is 9.68. The minimum atomic E-state index is -4.47. The Kier molecular flexibility index (Phi) is 5.44. The van der Waals surface area contributed by atoms with Crippen LogP contribution in [0.5, 0.6) is 0 Å². The third-order valence-corrected chi connectivity index (χ3v) is 6.00. The molecule has 3 rings (SSSR count). The van der Waals surface area contributed by atoms with Crippen LogP contribution in [0.15, 0.2) is 36.4 Å². The lowest BCUT2D eigenvalue weighted by molar-refractivity contribution is -0.137. The number of anilines is 1. The van der Waals surface area contributed by atoms with Gasteiger partial charge in [-0.05, 0) is 73.2 Å². The summed E-state index contributed by atoms with van der Waals surface area (Å²) in [5.74, 6) is 0.291. The molecule has 0 radical (unpaired) electrons. The van der Waals surface area contributed by atoms with Crippen LogP contribution in [0.1, 0.15) is 55.4 Å². The van der Waals surface area contributed by atoms with Gasteiger partial charge in [0, 0.05) is 23.3 Å². The van der Waals surface area contributed by atoms with E-state index >= 15 is 0 Å². The largest absolute Gasteiger partial charge is 0.416 e. The molecule has 0 N–H and O–H groups in total. The molecule has 0 bridgehead atoms. The zero-order chi connectivity index (χ0) is 21.6. The van der Waals surface area contributed by atoms with Crippen molar-refractivity contribution in [2.75, 3.05) is 11.9 Å². The molecule has 1 aliphatic heterocycles. The first-order chi connectivity index (χ1) is 13.4. The normalized spacial score (nSPS) is 18.9. The predicted molar refractivity (Wildman–Crippen MR) is 112 cm³/mol. The van der Waals surface area contributed by atoms with Gasteiger partial charge in [-0.3, -0.25) is 0 Å². The quantitative estimate of drug-likeness (QED) is 0.382. The molecule has 0 spiro atoms. The van der Waals surface area contributed by atoms with E-state index in [9.17, 15) is 18.4 Å². The minimum Gasteiger partial charge on any atom is -0.369 e. The summed E-state index contributed by atoms with van der Waals surface area (Å²) >= 11 is 6.50. The number of rotatable bonds is 2. The molecule has 6 heteroatoms. The van der Waals surface area contributed by atoms with E-state index in [1.54, 1.807) is 6.08 Å². The summed E-state index contributed by atoms with van der Waals surface area (Å²) in [4.78, 5) is 2.19. The molecule has 29 heavy (non-hydrogen) atoms. The molecule has 1 heterocycles. The lowest BCUT2D eigenvalue weighted by atomic mass is 9.80. The molecule has 0 aliphatic carbocycles. The molecule has 1 unspecified atom stereocenters. The van der Waals surface area contributed by atoms with Crippen molar-refractivity contribution in [1.29, 1.82) is 5.26 Å². The first kappa shape index (κ1) is 21.3. The van der Waals surface area contributed by atoms with Crippen molar-refractivity contribution in [1.82, 2.24) is 0 Å². The summed E-state index contributed by atoms with van der Waals surface area (Å²) in [5, 5.41) is 10.0. The number of allylic oxidation sites excluding steroid dienone is 1. The van der Waals surface area contributed by atoms with E-state index in [0.29, 0.717) is 16.5 Å². The Morgan fingerprint density at radius 1 is 1.28 bits per heavy atom. The van der Waals surface area contributed by atoms with Crippen molar-refractivity contribution in [3.05, 3.63) is 63.7 Å². The van der Waals surface area contributed by atoms with Gasteiger partial charge < -0.3 is 4.90 Å². The summed E-state index contributed by atoms with van der Waals surface area (Å²) < 4.78 is 39.1. The Labute approximate surface area is 174 Å². The fourth-order valence-corrected chi connectivity index (χ4v) is 4.13. The predicted octanol–water partition coefficient (Wildman–Crippen LogP) is 7.14. The van der Waals surface area contributed by atoms with Crippen LogP contribution in [0, 0.1) is 11.3 Å². The maximum atomic E-state index is 13.0. The van der Waals surface area contributed by atoms with E-state index in [1.165, 1.54) is 12.1 Å². The van der Waals surface area contributed by atoms with Crippen LogP contribution < -0.4 is 4.90 Å². The van der Waals surface area contributed by atoms with Crippen LogP contribution in [-0.4, -0.2) is 12.6 Å². The van der Waals surface area contributed by atoms with Gasteiger partial charge >= 0.3 is 6.18 Å². The van der Waals surface area contributed by atoms with Gasteiger partial charge in [0.2, 0.25) is 0 Å².